The highest BCUT2D eigenvalue weighted by molar-refractivity contribution is 6.14. The molecule has 3 aromatic rings. The number of likely N-dealkylation sites (tertiary alicyclic amines) is 1. The van der Waals surface area contributed by atoms with Gasteiger partial charge in [-0.3, -0.25) is 15.0 Å². The number of hydrogen-bond acceptors (Lipinski definition) is 6. The van der Waals surface area contributed by atoms with E-state index in [9.17, 15) is 14.7 Å². The van der Waals surface area contributed by atoms with Gasteiger partial charge in [-0.2, -0.15) is 5.10 Å². The maximum atomic E-state index is 12.6. The molecule has 0 spiro atoms. The first-order valence-electron chi connectivity index (χ1n) is 12.7. The average molecular weight is 514 g/mol. The zero-order chi connectivity index (χ0) is 27.2. The van der Waals surface area contributed by atoms with E-state index in [-0.39, 0.29) is 5.91 Å². The normalized spacial score (nSPS) is 16.5. The summed E-state index contributed by atoms with van der Waals surface area (Å²) in [4.78, 5) is 25.2. The fourth-order valence-electron chi connectivity index (χ4n) is 4.40. The van der Waals surface area contributed by atoms with Crippen molar-refractivity contribution < 1.29 is 14.7 Å². The maximum absolute atomic E-state index is 12.6. The van der Waals surface area contributed by atoms with Crippen molar-refractivity contribution in [3.8, 4) is 0 Å². The highest BCUT2D eigenvalue weighted by atomic mass is 16.3. The third-order valence-corrected chi connectivity index (χ3v) is 6.30. The Labute approximate surface area is 223 Å². The standard InChI is InChI=1S/C15H20N4O.C15H15NO2/c1-12-5-4-10-19(11-12)15(20)13-6-2-3-7-14(13)18-17-9-8-16;17-11-16-14(12-7-3-1-4-8-12)15(18)13-9-5-2-6-10-13/h2-3,6-9,12,16,18H,4-5,10-11H2,1H3;1-11,14-15,18H,(H,16,17)/b16-8?,17-9-;. The number of hydrogen-bond donors (Lipinski definition) is 4. The van der Waals surface area contributed by atoms with Gasteiger partial charge in [-0.05, 0) is 42.0 Å². The van der Waals surface area contributed by atoms with Crippen molar-refractivity contribution in [1.82, 2.24) is 10.2 Å². The van der Waals surface area contributed by atoms with Gasteiger partial charge in [-0.25, -0.2) is 0 Å². The first-order chi connectivity index (χ1) is 18.5. The Morgan fingerprint density at radius 3 is 2.29 bits per heavy atom. The van der Waals surface area contributed by atoms with Crippen LogP contribution in [0.15, 0.2) is 90.0 Å². The van der Waals surface area contributed by atoms with E-state index in [1.807, 2.05) is 89.8 Å². The predicted molar refractivity (Wildman–Crippen MR) is 151 cm³/mol. The van der Waals surface area contributed by atoms with Crippen LogP contribution in [0.3, 0.4) is 0 Å². The fraction of sp³-hybridized carbons (Fsp3) is 0.267. The molecule has 0 aromatic heterocycles. The molecule has 0 aliphatic carbocycles. The molecule has 1 fully saturated rings. The van der Waals surface area contributed by atoms with Crippen LogP contribution in [0.1, 0.15) is 53.4 Å². The van der Waals surface area contributed by atoms with Crippen LogP contribution in [0.2, 0.25) is 0 Å². The number of amides is 2. The van der Waals surface area contributed by atoms with Gasteiger partial charge in [0.1, 0.15) is 6.10 Å². The van der Waals surface area contributed by atoms with Gasteiger partial charge in [0.05, 0.1) is 23.5 Å². The molecule has 2 amide bonds. The number of nitrogens with zero attached hydrogens (tertiary/aromatic N) is 2. The van der Waals surface area contributed by atoms with E-state index in [4.69, 9.17) is 5.41 Å². The summed E-state index contributed by atoms with van der Waals surface area (Å²) in [5, 5.41) is 23.8. The van der Waals surface area contributed by atoms with Gasteiger partial charge in [0.25, 0.3) is 5.91 Å². The molecule has 0 saturated carbocycles. The number of hydrazone groups is 1. The van der Waals surface area contributed by atoms with Gasteiger partial charge >= 0.3 is 0 Å². The SMILES string of the molecule is CC1CCCN(C(=O)c2ccccc2N/N=C\C=N)C1.O=CNC(c1ccccc1)C(O)c1ccccc1. The third-order valence-electron chi connectivity index (χ3n) is 6.30. The van der Waals surface area contributed by atoms with Crippen molar-refractivity contribution in [1.29, 1.82) is 5.41 Å². The molecule has 3 aromatic carbocycles. The van der Waals surface area contributed by atoms with Gasteiger partial charge in [-0.1, -0.05) is 79.7 Å². The molecule has 0 bridgehead atoms. The molecule has 198 valence electrons. The lowest BCUT2D eigenvalue weighted by molar-refractivity contribution is -0.111. The van der Waals surface area contributed by atoms with Gasteiger partial charge in [0, 0.05) is 19.3 Å². The number of anilines is 1. The van der Waals surface area contributed by atoms with Crippen molar-refractivity contribution in [3.63, 3.8) is 0 Å². The zero-order valence-corrected chi connectivity index (χ0v) is 21.5. The maximum Gasteiger partial charge on any atom is 0.256 e. The minimum absolute atomic E-state index is 0.0460. The number of carbonyl (C=O) groups is 2. The molecule has 3 unspecified atom stereocenters. The topological polar surface area (TPSA) is 118 Å². The Balaban J connectivity index is 0.000000212. The predicted octanol–water partition coefficient (Wildman–Crippen LogP) is 4.81. The number of para-hydroxylation sites is 1. The lowest BCUT2D eigenvalue weighted by atomic mass is 9.96. The number of aliphatic hydroxyl groups is 1. The summed E-state index contributed by atoms with van der Waals surface area (Å²) in [6.07, 6.45) is 4.53. The summed E-state index contributed by atoms with van der Waals surface area (Å²) >= 11 is 0. The summed E-state index contributed by atoms with van der Waals surface area (Å²) in [5.41, 5.74) is 5.77. The largest absolute Gasteiger partial charge is 0.386 e. The number of carbonyl (C=O) groups excluding carboxylic acids is 2. The van der Waals surface area contributed by atoms with Crippen LogP contribution in [0.5, 0.6) is 0 Å². The monoisotopic (exact) mass is 513 g/mol. The molecule has 1 heterocycles. The average Bonchev–Trinajstić information content (AvgIpc) is 2.97. The van der Waals surface area contributed by atoms with Crippen LogP contribution in [0.25, 0.3) is 0 Å². The smallest absolute Gasteiger partial charge is 0.256 e. The number of benzene rings is 3. The molecule has 0 radical (unpaired) electrons. The molecule has 1 aliphatic rings. The van der Waals surface area contributed by atoms with Crippen LogP contribution in [0, 0.1) is 11.3 Å². The lowest BCUT2D eigenvalue weighted by Gasteiger charge is -2.31. The number of piperidine rings is 1. The summed E-state index contributed by atoms with van der Waals surface area (Å²) < 4.78 is 0. The van der Waals surface area contributed by atoms with Crippen LogP contribution in [0.4, 0.5) is 5.69 Å². The Kier molecular flexibility index (Phi) is 11.2. The van der Waals surface area contributed by atoms with Crippen LogP contribution in [-0.2, 0) is 4.79 Å². The minimum atomic E-state index is -0.765. The summed E-state index contributed by atoms with van der Waals surface area (Å²) in [7, 11) is 0. The van der Waals surface area contributed by atoms with E-state index in [0.717, 1.165) is 36.9 Å². The zero-order valence-electron chi connectivity index (χ0n) is 21.5. The molecular weight excluding hydrogens is 478 g/mol. The number of rotatable bonds is 9. The van der Waals surface area contributed by atoms with E-state index in [1.54, 1.807) is 0 Å². The van der Waals surface area contributed by atoms with E-state index < -0.39 is 12.1 Å². The van der Waals surface area contributed by atoms with Crippen molar-refractivity contribution in [2.75, 3.05) is 18.5 Å². The van der Waals surface area contributed by atoms with E-state index in [0.29, 0.717) is 23.6 Å². The lowest BCUT2D eigenvalue weighted by Crippen LogP contribution is -2.39. The molecule has 1 saturated heterocycles. The van der Waals surface area contributed by atoms with E-state index >= 15 is 0 Å². The summed E-state index contributed by atoms with van der Waals surface area (Å²) in [5.74, 6) is 0.605. The fourth-order valence-corrected chi connectivity index (χ4v) is 4.40. The second kappa shape index (κ2) is 15.1. The van der Waals surface area contributed by atoms with Gasteiger partial charge in [0.2, 0.25) is 6.41 Å². The molecule has 1 aliphatic heterocycles. The van der Waals surface area contributed by atoms with Crippen LogP contribution >= 0.6 is 0 Å². The molecule has 4 rings (SSSR count). The molecule has 8 heteroatoms. The Morgan fingerprint density at radius 1 is 1.03 bits per heavy atom. The Bertz CT molecular complexity index is 1190. The van der Waals surface area contributed by atoms with Crippen LogP contribution < -0.4 is 10.7 Å². The van der Waals surface area contributed by atoms with Gasteiger partial charge in [0.15, 0.2) is 0 Å². The molecular formula is C30H35N5O3. The Hall–Kier alpha value is -4.30. The minimum Gasteiger partial charge on any atom is -0.386 e. The molecule has 38 heavy (non-hydrogen) atoms. The second-order valence-corrected chi connectivity index (χ2v) is 9.13. The van der Waals surface area contributed by atoms with Gasteiger partial charge < -0.3 is 20.7 Å². The molecule has 8 nitrogen and oxygen atoms in total. The van der Waals surface area contributed by atoms with E-state index in [2.05, 4.69) is 22.8 Å². The highest BCUT2D eigenvalue weighted by Crippen LogP contribution is 2.28. The summed E-state index contributed by atoms with van der Waals surface area (Å²) in [6, 6.07) is 25.6. The van der Waals surface area contributed by atoms with Crippen molar-refractivity contribution in [2.45, 2.75) is 31.9 Å². The number of aliphatic hydroxyl groups excluding tert-OH is 1. The van der Waals surface area contributed by atoms with Crippen LogP contribution in [-0.4, -0.2) is 47.8 Å². The molecule has 3 atom stereocenters. The van der Waals surface area contributed by atoms with Crippen molar-refractivity contribution in [2.24, 2.45) is 11.0 Å². The molecule has 4 N–H and O–H groups in total. The van der Waals surface area contributed by atoms with Gasteiger partial charge in [-0.15, -0.1) is 0 Å². The first kappa shape index (κ1) is 28.3. The van der Waals surface area contributed by atoms with Crippen molar-refractivity contribution >= 4 is 30.4 Å². The quantitative estimate of drug-likeness (QED) is 0.186. The summed E-state index contributed by atoms with van der Waals surface area (Å²) in [6.45, 7) is 3.82. The second-order valence-electron chi connectivity index (χ2n) is 9.13. The van der Waals surface area contributed by atoms with E-state index in [1.165, 1.54) is 12.6 Å². The first-order valence-corrected chi connectivity index (χ1v) is 12.7. The number of nitrogens with one attached hydrogen (secondary N) is 3. The third kappa shape index (κ3) is 8.11. The Morgan fingerprint density at radius 2 is 1.66 bits per heavy atom. The highest BCUT2D eigenvalue weighted by Gasteiger charge is 2.24. The van der Waals surface area contributed by atoms with Crippen molar-refractivity contribution in [3.05, 3.63) is 102 Å².